The fourth-order valence-corrected chi connectivity index (χ4v) is 1.97. The van der Waals surface area contributed by atoms with Crippen LogP contribution in [-0.2, 0) is 6.54 Å². The van der Waals surface area contributed by atoms with Crippen LogP contribution in [0.15, 0.2) is 18.2 Å². The first-order valence-electron chi connectivity index (χ1n) is 5.86. The van der Waals surface area contributed by atoms with Crippen molar-refractivity contribution in [1.29, 1.82) is 0 Å². The molecule has 0 spiro atoms. The van der Waals surface area contributed by atoms with Gasteiger partial charge in [0, 0.05) is 37.3 Å². The van der Waals surface area contributed by atoms with E-state index in [0.717, 1.165) is 31.1 Å². The number of methoxy groups -OCH3 is 2. The van der Waals surface area contributed by atoms with Gasteiger partial charge in [-0.25, -0.2) is 0 Å². The lowest BCUT2D eigenvalue weighted by Crippen LogP contribution is -2.55. The highest BCUT2D eigenvalue weighted by atomic mass is 35.5. The molecule has 5 heteroatoms. The van der Waals surface area contributed by atoms with Crippen molar-refractivity contribution in [2.45, 2.75) is 12.6 Å². The monoisotopic (exact) mass is 272 g/mol. The number of nitrogens with one attached hydrogen (secondary N) is 1. The van der Waals surface area contributed by atoms with Gasteiger partial charge in [0.1, 0.15) is 11.5 Å². The lowest BCUT2D eigenvalue weighted by Gasteiger charge is -2.35. The summed E-state index contributed by atoms with van der Waals surface area (Å²) in [7, 11) is 5.51. The van der Waals surface area contributed by atoms with Crippen LogP contribution in [0.25, 0.3) is 0 Å². The second-order valence-corrected chi connectivity index (χ2v) is 4.40. The molecule has 0 aliphatic carbocycles. The second-order valence-electron chi connectivity index (χ2n) is 4.40. The molecule has 1 aromatic rings. The van der Waals surface area contributed by atoms with E-state index in [1.165, 1.54) is 5.56 Å². The molecular formula is C13H21ClN2O2. The molecule has 0 unspecified atom stereocenters. The highest BCUT2D eigenvalue weighted by molar-refractivity contribution is 5.85. The summed E-state index contributed by atoms with van der Waals surface area (Å²) >= 11 is 0. The molecule has 1 aliphatic heterocycles. The number of likely N-dealkylation sites (N-methyl/N-ethyl adjacent to an activating group) is 1. The zero-order valence-electron chi connectivity index (χ0n) is 11.1. The summed E-state index contributed by atoms with van der Waals surface area (Å²) in [6, 6.07) is 6.62. The Balaban J connectivity index is 0.00000162. The zero-order chi connectivity index (χ0) is 12.3. The van der Waals surface area contributed by atoms with E-state index in [2.05, 4.69) is 23.3 Å². The zero-order valence-corrected chi connectivity index (χ0v) is 11.9. The molecule has 0 saturated carbocycles. The molecule has 2 rings (SSSR count). The third kappa shape index (κ3) is 3.28. The van der Waals surface area contributed by atoms with Gasteiger partial charge in [-0.3, -0.25) is 4.90 Å². The van der Waals surface area contributed by atoms with Crippen LogP contribution < -0.4 is 14.8 Å². The number of ether oxygens (including phenoxy) is 2. The van der Waals surface area contributed by atoms with Gasteiger partial charge >= 0.3 is 0 Å². The van der Waals surface area contributed by atoms with Gasteiger partial charge in [-0.2, -0.15) is 0 Å². The summed E-state index contributed by atoms with van der Waals surface area (Å²) in [5, 5.41) is 3.28. The van der Waals surface area contributed by atoms with Crippen LogP contribution in [0.1, 0.15) is 5.56 Å². The van der Waals surface area contributed by atoms with E-state index < -0.39 is 0 Å². The summed E-state index contributed by atoms with van der Waals surface area (Å²) < 4.78 is 10.6. The van der Waals surface area contributed by atoms with Gasteiger partial charge in [-0.15, -0.1) is 12.4 Å². The minimum absolute atomic E-state index is 0. The Bertz CT molecular complexity index is 383. The Hall–Kier alpha value is -0.970. The van der Waals surface area contributed by atoms with Crippen molar-refractivity contribution < 1.29 is 9.47 Å². The Morgan fingerprint density at radius 1 is 1.28 bits per heavy atom. The van der Waals surface area contributed by atoms with E-state index in [0.29, 0.717) is 6.04 Å². The lowest BCUT2D eigenvalue weighted by molar-refractivity contribution is 0.171. The Labute approximate surface area is 115 Å². The van der Waals surface area contributed by atoms with Crippen LogP contribution in [-0.4, -0.2) is 45.3 Å². The van der Waals surface area contributed by atoms with E-state index in [4.69, 9.17) is 9.47 Å². The quantitative estimate of drug-likeness (QED) is 0.881. The maximum Gasteiger partial charge on any atom is 0.127 e. The van der Waals surface area contributed by atoms with Crippen LogP contribution in [0.3, 0.4) is 0 Å². The molecule has 1 aliphatic rings. The molecule has 1 N–H and O–H groups in total. The van der Waals surface area contributed by atoms with Crippen molar-refractivity contribution >= 4 is 12.4 Å². The largest absolute Gasteiger partial charge is 0.497 e. The van der Waals surface area contributed by atoms with Crippen LogP contribution in [0.5, 0.6) is 11.5 Å². The maximum atomic E-state index is 5.40. The van der Waals surface area contributed by atoms with Crippen molar-refractivity contribution in [1.82, 2.24) is 10.2 Å². The van der Waals surface area contributed by atoms with E-state index in [-0.39, 0.29) is 12.4 Å². The van der Waals surface area contributed by atoms with Crippen molar-refractivity contribution in [3.05, 3.63) is 23.8 Å². The molecule has 1 heterocycles. The highest BCUT2D eigenvalue weighted by Crippen LogP contribution is 2.26. The van der Waals surface area contributed by atoms with Crippen LogP contribution >= 0.6 is 12.4 Å². The predicted octanol–water partition coefficient (Wildman–Crippen LogP) is 1.53. The minimum atomic E-state index is 0. The number of nitrogens with zero attached hydrogens (tertiary/aromatic N) is 1. The van der Waals surface area contributed by atoms with Crippen LogP contribution in [0, 0.1) is 0 Å². The van der Waals surface area contributed by atoms with Gasteiger partial charge in [0.25, 0.3) is 0 Å². The summed E-state index contributed by atoms with van der Waals surface area (Å²) in [5.74, 6) is 1.72. The molecule has 4 nitrogen and oxygen atoms in total. The average Bonchev–Trinajstić information content (AvgIpc) is 2.27. The molecule has 102 valence electrons. The minimum Gasteiger partial charge on any atom is -0.497 e. The first-order chi connectivity index (χ1) is 8.24. The smallest absolute Gasteiger partial charge is 0.127 e. The molecule has 18 heavy (non-hydrogen) atoms. The molecule has 0 atom stereocenters. The average molecular weight is 273 g/mol. The molecule has 1 fully saturated rings. The Morgan fingerprint density at radius 2 is 2.00 bits per heavy atom. The third-order valence-corrected chi connectivity index (χ3v) is 3.30. The maximum absolute atomic E-state index is 5.40. The molecule has 0 aromatic heterocycles. The summed E-state index contributed by atoms with van der Waals surface area (Å²) in [6.45, 7) is 3.06. The standard InChI is InChI=1S/C13H20N2O2.ClH/c1-15(11-7-14-8-11)9-10-4-5-12(16-2)6-13(10)17-3;/h4-6,11,14H,7-9H2,1-3H3;1H. The van der Waals surface area contributed by atoms with Crippen molar-refractivity contribution in [2.24, 2.45) is 0 Å². The molecule has 0 radical (unpaired) electrons. The topological polar surface area (TPSA) is 33.7 Å². The summed E-state index contributed by atoms with van der Waals surface area (Å²) in [5.41, 5.74) is 1.20. The Kier molecular flexibility index (Phi) is 5.72. The first-order valence-corrected chi connectivity index (χ1v) is 5.86. The van der Waals surface area contributed by atoms with Gasteiger partial charge in [0.2, 0.25) is 0 Å². The number of halogens is 1. The van der Waals surface area contributed by atoms with E-state index in [1.54, 1.807) is 14.2 Å². The van der Waals surface area contributed by atoms with Gasteiger partial charge in [0.05, 0.1) is 14.2 Å². The van der Waals surface area contributed by atoms with Crippen LogP contribution in [0.2, 0.25) is 0 Å². The molecular weight excluding hydrogens is 252 g/mol. The fraction of sp³-hybridized carbons (Fsp3) is 0.538. The van der Waals surface area contributed by atoms with Crippen molar-refractivity contribution in [2.75, 3.05) is 34.4 Å². The number of hydrogen-bond donors (Lipinski definition) is 1. The third-order valence-electron chi connectivity index (χ3n) is 3.30. The van der Waals surface area contributed by atoms with Gasteiger partial charge in [-0.1, -0.05) is 6.07 Å². The number of benzene rings is 1. The second kappa shape index (κ2) is 6.83. The summed E-state index contributed by atoms with van der Waals surface area (Å²) in [4.78, 5) is 2.35. The first kappa shape index (κ1) is 15.1. The summed E-state index contributed by atoms with van der Waals surface area (Å²) in [6.07, 6.45) is 0. The van der Waals surface area contributed by atoms with E-state index in [1.807, 2.05) is 12.1 Å². The van der Waals surface area contributed by atoms with Crippen LogP contribution in [0.4, 0.5) is 0 Å². The SMILES string of the molecule is COc1ccc(CN(C)C2CNC2)c(OC)c1.Cl. The number of hydrogen-bond acceptors (Lipinski definition) is 4. The highest BCUT2D eigenvalue weighted by Gasteiger charge is 2.22. The van der Waals surface area contributed by atoms with Crippen molar-refractivity contribution in [3.63, 3.8) is 0 Å². The lowest BCUT2D eigenvalue weighted by atomic mass is 10.1. The van der Waals surface area contributed by atoms with E-state index in [9.17, 15) is 0 Å². The van der Waals surface area contributed by atoms with Gasteiger partial charge in [0.15, 0.2) is 0 Å². The fourth-order valence-electron chi connectivity index (χ4n) is 1.97. The Morgan fingerprint density at radius 3 is 2.50 bits per heavy atom. The van der Waals surface area contributed by atoms with Gasteiger partial charge in [-0.05, 0) is 13.1 Å². The molecule has 0 bridgehead atoms. The predicted molar refractivity (Wildman–Crippen MR) is 74.9 cm³/mol. The van der Waals surface area contributed by atoms with Gasteiger partial charge < -0.3 is 14.8 Å². The number of rotatable bonds is 5. The normalized spacial score (nSPS) is 14.9. The molecule has 1 saturated heterocycles. The van der Waals surface area contributed by atoms with Crippen molar-refractivity contribution in [3.8, 4) is 11.5 Å². The molecule has 1 aromatic carbocycles. The molecule has 0 amide bonds. The van der Waals surface area contributed by atoms with E-state index >= 15 is 0 Å².